The molecule has 2 N–H and O–H groups in total. The van der Waals surface area contributed by atoms with Gasteiger partial charge in [0, 0.05) is 5.69 Å². The van der Waals surface area contributed by atoms with Gasteiger partial charge in [-0.2, -0.15) is 0 Å². The van der Waals surface area contributed by atoms with E-state index in [2.05, 4.69) is 10.3 Å². The summed E-state index contributed by atoms with van der Waals surface area (Å²) < 4.78 is 11.9. The lowest BCUT2D eigenvalue weighted by molar-refractivity contribution is 0.677. The van der Waals surface area contributed by atoms with Crippen molar-refractivity contribution in [3.05, 3.63) is 60.2 Å². The Morgan fingerprint density at radius 3 is 2.24 bits per heavy atom. The molecule has 17 heavy (non-hydrogen) atoms. The summed E-state index contributed by atoms with van der Waals surface area (Å²) in [5.41, 5.74) is 4.94. The number of hydrogen-bond acceptors (Lipinski definition) is 2. The normalized spacial score (nSPS) is 12.1. The minimum Gasteiger partial charge on any atom is -0.310 e. The Labute approximate surface area is 103 Å². The molecule has 0 fully saturated rings. The van der Waals surface area contributed by atoms with Crippen molar-refractivity contribution >= 4 is 16.7 Å². The lowest BCUT2D eigenvalue weighted by Gasteiger charge is -2.07. The summed E-state index contributed by atoms with van der Waals surface area (Å²) in [4.78, 5) is 3.51. The largest absolute Gasteiger partial charge is 0.310 e. The highest BCUT2D eigenvalue weighted by molar-refractivity contribution is 7.83. The van der Waals surface area contributed by atoms with Gasteiger partial charge in [-0.1, -0.05) is 35.9 Å². The van der Waals surface area contributed by atoms with Gasteiger partial charge in [0.15, 0.2) is 0 Å². The molecule has 0 bridgehead atoms. The molecule has 0 saturated heterocycles. The highest BCUT2D eigenvalue weighted by Gasteiger charge is 2.01. The van der Waals surface area contributed by atoms with E-state index >= 15 is 0 Å². The molecule has 88 valence electrons. The zero-order valence-electron chi connectivity index (χ0n) is 9.51. The van der Waals surface area contributed by atoms with E-state index in [1.807, 2.05) is 61.5 Å². The van der Waals surface area contributed by atoms with Gasteiger partial charge in [0.2, 0.25) is 0 Å². The Hall–Kier alpha value is -1.65. The lowest BCUT2D eigenvalue weighted by atomic mass is 10.2. The van der Waals surface area contributed by atoms with Crippen LogP contribution in [0.4, 0.5) is 5.69 Å². The first-order chi connectivity index (χ1) is 8.25. The maximum absolute atomic E-state index is 11.9. The molecule has 0 saturated carbocycles. The van der Waals surface area contributed by atoms with Crippen LogP contribution in [0.25, 0.3) is 0 Å². The van der Waals surface area contributed by atoms with Crippen molar-refractivity contribution in [1.29, 1.82) is 0 Å². The average Bonchev–Trinajstić information content (AvgIpc) is 2.38. The first kappa shape index (κ1) is 11.8. The van der Waals surface area contributed by atoms with Crippen molar-refractivity contribution in [3.8, 4) is 0 Å². The Bertz CT molecular complexity index is 497. The van der Waals surface area contributed by atoms with Crippen molar-refractivity contribution in [2.45, 2.75) is 11.8 Å². The minimum absolute atomic E-state index is 0.749. The molecule has 0 heterocycles. The molecule has 0 aliphatic rings. The van der Waals surface area contributed by atoms with Crippen molar-refractivity contribution in [3.63, 3.8) is 0 Å². The second kappa shape index (κ2) is 5.61. The third kappa shape index (κ3) is 3.41. The predicted molar refractivity (Wildman–Crippen MR) is 70.8 cm³/mol. The molecule has 4 heteroatoms. The standard InChI is InChI=1S/C13H14N2OS/c1-11-7-9-13(10-8-11)17(16)15-14-12-5-3-2-4-6-12/h2-10,14-15H,1H3/t17-/m0/s1. The summed E-state index contributed by atoms with van der Waals surface area (Å²) in [7, 11) is -1.25. The van der Waals surface area contributed by atoms with E-state index in [1.165, 1.54) is 0 Å². The maximum Gasteiger partial charge on any atom is 0.143 e. The SMILES string of the molecule is Cc1ccc([S@](=O)NNc2ccccc2)cc1. The Balaban J connectivity index is 1.96. The number of hydrogen-bond donors (Lipinski definition) is 2. The van der Waals surface area contributed by atoms with E-state index in [1.54, 1.807) is 0 Å². The molecule has 0 aromatic heterocycles. The lowest BCUT2D eigenvalue weighted by Crippen LogP contribution is -2.24. The van der Waals surface area contributed by atoms with Gasteiger partial charge in [0.25, 0.3) is 0 Å². The van der Waals surface area contributed by atoms with Crippen LogP contribution in [-0.2, 0) is 11.0 Å². The van der Waals surface area contributed by atoms with E-state index < -0.39 is 11.0 Å². The zero-order chi connectivity index (χ0) is 12.1. The van der Waals surface area contributed by atoms with Crippen LogP contribution in [0.15, 0.2) is 59.5 Å². The summed E-state index contributed by atoms with van der Waals surface area (Å²) >= 11 is 0. The molecular formula is C13H14N2OS. The molecule has 3 nitrogen and oxygen atoms in total. The van der Waals surface area contributed by atoms with Crippen LogP contribution in [0.5, 0.6) is 0 Å². The molecule has 0 amide bonds. The van der Waals surface area contributed by atoms with Gasteiger partial charge in [-0.3, -0.25) is 0 Å². The van der Waals surface area contributed by atoms with Gasteiger partial charge < -0.3 is 5.43 Å². The number of hydrazine groups is 1. The van der Waals surface area contributed by atoms with E-state index in [0.717, 1.165) is 16.1 Å². The molecule has 0 spiro atoms. The predicted octanol–water partition coefficient (Wildman–Crippen LogP) is 2.63. The van der Waals surface area contributed by atoms with Gasteiger partial charge >= 0.3 is 0 Å². The number of para-hydroxylation sites is 1. The third-order valence-electron chi connectivity index (χ3n) is 2.30. The van der Waals surface area contributed by atoms with E-state index in [4.69, 9.17) is 0 Å². The van der Waals surface area contributed by atoms with Gasteiger partial charge in [-0.15, -0.1) is 4.83 Å². The molecule has 2 aromatic carbocycles. The van der Waals surface area contributed by atoms with Crippen LogP contribution in [0.1, 0.15) is 5.56 Å². The van der Waals surface area contributed by atoms with Crippen LogP contribution < -0.4 is 10.3 Å². The topological polar surface area (TPSA) is 41.1 Å². The van der Waals surface area contributed by atoms with Crippen molar-refractivity contribution in [2.75, 3.05) is 5.43 Å². The number of rotatable bonds is 4. The molecule has 2 aromatic rings. The van der Waals surface area contributed by atoms with Crippen LogP contribution in [0, 0.1) is 6.92 Å². The first-order valence-corrected chi connectivity index (χ1v) is 6.46. The molecule has 0 unspecified atom stereocenters. The van der Waals surface area contributed by atoms with Crippen molar-refractivity contribution < 1.29 is 4.21 Å². The third-order valence-corrected chi connectivity index (χ3v) is 3.28. The number of nitrogens with one attached hydrogen (secondary N) is 2. The van der Waals surface area contributed by atoms with Gasteiger partial charge in [-0.25, -0.2) is 4.21 Å². The summed E-state index contributed by atoms with van der Waals surface area (Å²) in [5.74, 6) is 0. The fraction of sp³-hybridized carbons (Fsp3) is 0.0769. The average molecular weight is 246 g/mol. The molecule has 0 aliphatic heterocycles. The molecule has 1 atom stereocenters. The summed E-state index contributed by atoms with van der Waals surface area (Å²) in [6.45, 7) is 2.00. The highest BCUT2D eigenvalue weighted by atomic mass is 32.2. The Morgan fingerprint density at radius 2 is 1.59 bits per heavy atom. The van der Waals surface area contributed by atoms with Crippen LogP contribution >= 0.6 is 0 Å². The van der Waals surface area contributed by atoms with Crippen molar-refractivity contribution in [1.82, 2.24) is 4.83 Å². The van der Waals surface area contributed by atoms with Crippen LogP contribution in [0.3, 0.4) is 0 Å². The van der Waals surface area contributed by atoms with Crippen LogP contribution in [-0.4, -0.2) is 4.21 Å². The maximum atomic E-state index is 11.9. The molecule has 2 rings (SSSR count). The summed E-state index contributed by atoms with van der Waals surface area (Å²) in [5, 5.41) is 0. The van der Waals surface area contributed by atoms with Crippen molar-refractivity contribution in [2.24, 2.45) is 0 Å². The van der Waals surface area contributed by atoms with Gasteiger partial charge in [0.05, 0.1) is 4.90 Å². The second-order valence-electron chi connectivity index (χ2n) is 3.67. The minimum atomic E-state index is -1.25. The highest BCUT2D eigenvalue weighted by Crippen LogP contribution is 2.08. The van der Waals surface area contributed by atoms with Gasteiger partial charge in [-0.05, 0) is 31.2 Å². The van der Waals surface area contributed by atoms with Gasteiger partial charge in [0.1, 0.15) is 11.0 Å². The Morgan fingerprint density at radius 1 is 0.941 bits per heavy atom. The second-order valence-corrected chi connectivity index (χ2v) is 4.89. The number of aryl methyl sites for hydroxylation is 1. The monoisotopic (exact) mass is 246 g/mol. The molecular weight excluding hydrogens is 232 g/mol. The van der Waals surface area contributed by atoms with Crippen LogP contribution in [0.2, 0.25) is 0 Å². The van der Waals surface area contributed by atoms with E-state index in [9.17, 15) is 4.21 Å². The Kier molecular flexibility index (Phi) is 3.90. The fourth-order valence-corrected chi connectivity index (χ4v) is 2.06. The van der Waals surface area contributed by atoms with E-state index in [0.29, 0.717) is 0 Å². The first-order valence-electron chi connectivity index (χ1n) is 5.31. The summed E-state index contributed by atoms with van der Waals surface area (Å²) in [6.07, 6.45) is 0. The number of anilines is 1. The smallest absolute Gasteiger partial charge is 0.143 e. The fourth-order valence-electron chi connectivity index (χ4n) is 1.35. The molecule has 0 radical (unpaired) electrons. The van der Waals surface area contributed by atoms with E-state index in [-0.39, 0.29) is 0 Å². The quantitative estimate of drug-likeness (QED) is 0.814. The summed E-state index contributed by atoms with van der Waals surface area (Å²) in [6, 6.07) is 17.2. The zero-order valence-corrected chi connectivity index (χ0v) is 10.3. The molecule has 0 aliphatic carbocycles. The number of benzene rings is 2.